The average Bonchev–Trinajstić information content (AvgIpc) is 3.07. The average molecular weight is 412 g/mol. The van der Waals surface area contributed by atoms with Crippen molar-refractivity contribution in [2.24, 2.45) is 5.73 Å². The molecule has 2 rings (SSSR count). The first kappa shape index (κ1) is 19.1. The molecule has 1 aromatic heterocycles. The van der Waals surface area contributed by atoms with Crippen molar-refractivity contribution in [3.8, 4) is 0 Å². The molecule has 1 amide bonds. The lowest BCUT2D eigenvalue weighted by Gasteiger charge is -2.22. The maximum Gasteiger partial charge on any atom is 0.218 e. The van der Waals surface area contributed by atoms with Crippen molar-refractivity contribution in [1.82, 2.24) is 10.3 Å². The second-order valence-corrected chi connectivity index (χ2v) is 6.09. The number of aromatic nitrogens is 2. The predicted molar refractivity (Wildman–Crippen MR) is 97.4 cm³/mol. The highest BCUT2D eigenvalue weighted by Gasteiger charge is 2.24. The second kappa shape index (κ2) is 8.72. The molecule has 9 heteroatoms. The first-order valence-electron chi connectivity index (χ1n) is 7.69. The predicted octanol–water partition coefficient (Wildman–Crippen LogP) is 3.15. The van der Waals surface area contributed by atoms with Gasteiger partial charge in [-0.15, -0.1) is 0 Å². The number of amides is 1. The molecule has 0 aliphatic heterocycles. The quantitative estimate of drug-likeness (QED) is 0.647. The van der Waals surface area contributed by atoms with Crippen LogP contribution in [-0.2, 0) is 4.79 Å². The Morgan fingerprint density at radius 2 is 2.24 bits per heavy atom. The molecular formula is C16H19BrFN5O2. The summed E-state index contributed by atoms with van der Waals surface area (Å²) in [7, 11) is 0. The lowest BCUT2D eigenvalue weighted by molar-refractivity contribution is -0.106. The topological polar surface area (TPSA) is 97.3 Å². The van der Waals surface area contributed by atoms with Gasteiger partial charge in [-0.3, -0.25) is 9.69 Å². The number of anilines is 2. The molecular weight excluding hydrogens is 393 g/mol. The Balaban J connectivity index is 2.55. The van der Waals surface area contributed by atoms with E-state index < -0.39 is 5.82 Å². The first-order valence-corrected chi connectivity index (χ1v) is 8.48. The molecule has 0 aliphatic carbocycles. The van der Waals surface area contributed by atoms with Crippen LogP contribution in [0.3, 0.4) is 0 Å². The number of carbonyl (C=O) groups is 1. The number of nitrogens with one attached hydrogen (secondary N) is 1. The van der Waals surface area contributed by atoms with Gasteiger partial charge >= 0.3 is 0 Å². The zero-order valence-electron chi connectivity index (χ0n) is 13.9. The normalized spacial score (nSPS) is 11.9. The van der Waals surface area contributed by atoms with Crippen molar-refractivity contribution in [3.63, 3.8) is 0 Å². The molecule has 25 heavy (non-hydrogen) atoms. The van der Waals surface area contributed by atoms with Crippen LogP contribution in [0.2, 0.25) is 0 Å². The number of hydrogen-bond donors (Lipinski definition) is 2. The van der Waals surface area contributed by atoms with Gasteiger partial charge in [-0.25, -0.2) is 9.02 Å². The summed E-state index contributed by atoms with van der Waals surface area (Å²) in [6.45, 7) is 4.72. The number of allylic oxidation sites excluding steroid dienone is 1. The Hall–Kier alpha value is -2.26. The van der Waals surface area contributed by atoms with Gasteiger partial charge in [0, 0.05) is 13.1 Å². The summed E-state index contributed by atoms with van der Waals surface area (Å²) in [4.78, 5) is 13.2. The maximum atomic E-state index is 13.5. The van der Waals surface area contributed by atoms with Crippen molar-refractivity contribution in [1.29, 1.82) is 0 Å². The van der Waals surface area contributed by atoms with Crippen LogP contribution >= 0.6 is 15.9 Å². The third-order valence-corrected chi connectivity index (χ3v) is 4.22. The lowest BCUT2D eigenvalue weighted by atomic mass is 10.1. The van der Waals surface area contributed by atoms with Crippen molar-refractivity contribution < 1.29 is 13.8 Å². The van der Waals surface area contributed by atoms with E-state index in [-0.39, 0.29) is 4.47 Å². The van der Waals surface area contributed by atoms with E-state index in [1.807, 2.05) is 13.8 Å². The number of benzene rings is 1. The Bertz CT molecular complexity index is 778. The van der Waals surface area contributed by atoms with Crippen molar-refractivity contribution >= 4 is 39.5 Å². The summed E-state index contributed by atoms with van der Waals surface area (Å²) in [5.74, 6) is -0.0259. The minimum atomic E-state index is -0.416. The molecule has 0 spiro atoms. The van der Waals surface area contributed by atoms with E-state index in [1.54, 1.807) is 0 Å². The summed E-state index contributed by atoms with van der Waals surface area (Å²) in [6.07, 6.45) is 1.32. The van der Waals surface area contributed by atoms with E-state index >= 15 is 0 Å². The third-order valence-electron chi connectivity index (χ3n) is 3.61. The Kier molecular flexibility index (Phi) is 6.65. The van der Waals surface area contributed by atoms with E-state index in [4.69, 9.17) is 10.4 Å². The van der Waals surface area contributed by atoms with E-state index in [0.717, 1.165) is 5.57 Å². The smallest absolute Gasteiger partial charge is 0.218 e. The highest BCUT2D eigenvalue weighted by Crippen LogP contribution is 2.33. The van der Waals surface area contributed by atoms with E-state index in [2.05, 4.69) is 31.6 Å². The van der Waals surface area contributed by atoms with Crippen LogP contribution in [0.25, 0.3) is 5.70 Å². The van der Waals surface area contributed by atoms with Crippen LogP contribution < -0.4 is 16.0 Å². The van der Waals surface area contributed by atoms with Gasteiger partial charge in [0.05, 0.1) is 15.9 Å². The fourth-order valence-corrected chi connectivity index (χ4v) is 2.58. The molecule has 0 atom stereocenters. The van der Waals surface area contributed by atoms with Gasteiger partial charge in [0.1, 0.15) is 5.82 Å². The fourth-order valence-electron chi connectivity index (χ4n) is 2.22. The van der Waals surface area contributed by atoms with Crippen molar-refractivity contribution in [2.45, 2.75) is 20.3 Å². The molecule has 2 aromatic rings. The summed E-state index contributed by atoms with van der Waals surface area (Å²) in [5, 5.41) is 10.8. The SMILES string of the molecule is CC/C(C)=C(\c1nonc1NCCN)N(C=O)c1ccc(F)c(Br)c1. The van der Waals surface area contributed by atoms with E-state index in [9.17, 15) is 9.18 Å². The van der Waals surface area contributed by atoms with Gasteiger partial charge in [0.15, 0.2) is 5.69 Å². The zero-order chi connectivity index (χ0) is 18.4. The number of carbonyl (C=O) groups excluding carboxylic acids is 1. The van der Waals surface area contributed by atoms with Gasteiger partial charge in [0.2, 0.25) is 12.2 Å². The highest BCUT2D eigenvalue weighted by atomic mass is 79.9. The minimum absolute atomic E-state index is 0.255. The van der Waals surface area contributed by atoms with Crippen LogP contribution in [0.5, 0.6) is 0 Å². The standard InChI is InChI=1S/C16H19BrFN5O2/c1-3-10(2)15(14-16(20-7-6-19)22-25-21-14)23(9-24)11-4-5-13(18)12(17)8-11/h4-5,8-9H,3,6-7,19H2,1-2H3,(H,20,22)/b15-10+. The number of hydrogen-bond acceptors (Lipinski definition) is 6. The highest BCUT2D eigenvalue weighted by molar-refractivity contribution is 9.10. The summed E-state index contributed by atoms with van der Waals surface area (Å²) in [6, 6.07) is 4.31. The second-order valence-electron chi connectivity index (χ2n) is 5.23. The minimum Gasteiger partial charge on any atom is -0.364 e. The molecule has 1 heterocycles. The molecule has 134 valence electrons. The number of nitrogens with two attached hydrogens (primary N) is 1. The summed E-state index contributed by atoms with van der Waals surface area (Å²) in [5.41, 5.74) is 7.79. The molecule has 0 saturated heterocycles. The van der Waals surface area contributed by atoms with Crippen LogP contribution in [0.4, 0.5) is 15.9 Å². The maximum absolute atomic E-state index is 13.5. The Labute approximate surface area is 153 Å². The Morgan fingerprint density at radius 1 is 1.48 bits per heavy atom. The number of halogens is 2. The molecule has 0 saturated carbocycles. The fraction of sp³-hybridized carbons (Fsp3) is 0.312. The summed E-state index contributed by atoms with van der Waals surface area (Å²) < 4.78 is 18.6. The first-order chi connectivity index (χ1) is 12.0. The van der Waals surface area contributed by atoms with Gasteiger partial charge in [-0.2, -0.15) is 0 Å². The number of rotatable bonds is 8. The van der Waals surface area contributed by atoms with Gasteiger partial charge in [-0.05, 0) is 63.4 Å². The van der Waals surface area contributed by atoms with Crippen molar-refractivity contribution in [3.05, 3.63) is 39.8 Å². The van der Waals surface area contributed by atoms with Crippen molar-refractivity contribution in [2.75, 3.05) is 23.3 Å². The largest absolute Gasteiger partial charge is 0.364 e. The van der Waals surface area contributed by atoms with E-state index in [1.165, 1.54) is 23.1 Å². The van der Waals surface area contributed by atoms with Crippen LogP contribution in [-0.4, -0.2) is 29.8 Å². The zero-order valence-corrected chi connectivity index (χ0v) is 15.5. The molecule has 7 nitrogen and oxygen atoms in total. The molecule has 0 unspecified atom stereocenters. The summed E-state index contributed by atoms with van der Waals surface area (Å²) >= 11 is 3.14. The third kappa shape index (κ3) is 4.23. The molecule has 3 N–H and O–H groups in total. The lowest BCUT2D eigenvalue weighted by Crippen LogP contribution is -2.22. The van der Waals surface area contributed by atoms with Gasteiger partial charge in [-0.1, -0.05) is 6.92 Å². The monoisotopic (exact) mass is 411 g/mol. The molecule has 0 radical (unpaired) electrons. The van der Waals surface area contributed by atoms with Gasteiger partial charge in [0.25, 0.3) is 0 Å². The van der Waals surface area contributed by atoms with Crippen LogP contribution in [0, 0.1) is 5.82 Å². The molecule has 0 aliphatic rings. The molecule has 1 aromatic carbocycles. The van der Waals surface area contributed by atoms with Crippen LogP contribution in [0.15, 0.2) is 32.9 Å². The van der Waals surface area contributed by atoms with Crippen LogP contribution in [0.1, 0.15) is 26.0 Å². The van der Waals surface area contributed by atoms with E-state index in [0.29, 0.717) is 48.8 Å². The van der Waals surface area contributed by atoms with Gasteiger partial charge < -0.3 is 11.1 Å². The number of nitrogens with zero attached hydrogens (tertiary/aromatic N) is 3. The Morgan fingerprint density at radius 3 is 2.84 bits per heavy atom. The molecule has 0 fully saturated rings. The molecule has 0 bridgehead atoms.